The Bertz CT molecular complexity index is 441. The first-order chi connectivity index (χ1) is 9.60. The van der Waals surface area contributed by atoms with Crippen molar-refractivity contribution in [1.82, 2.24) is 0 Å². The number of carboxylic acid groups (broad SMARTS) is 1. The number of aryl methyl sites for hydroxylation is 1. The second kappa shape index (κ2) is 6.78. The molecule has 2 atom stereocenters. The molecule has 1 aliphatic rings. The highest BCUT2D eigenvalue weighted by molar-refractivity contribution is 5.67. The van der Waals surface area contributed by atoms with Gasteiger partial charge in [0.1, 0.15) is 0 Å². The molecule has 1 saturated carbocycles. The van der Waals surface area contributed by atoms with Crippen molar-refractivity contribution in [1.29, 1.82) is 0 Å². The summed E-state index contributed by atoms with van der Waals surface area (Å²) in [6, 6.07) is 8.96. The number of hydrogen-bond donors (Lipinski definition) is 1. The molecule has 3 heteroatoms. The normalized spacial score (nSPS) is 21.9. The van der Waals surface area contributed by atoms with Crippen LogP contribution in [-0.2, 0) is 4.79 Å². The van der Waals surface area contributed by atoms with E-state index in [0.29, 0.717) is 12.6 Å². The van der Waals surface area contributed by atoms with Crippen LogP contribution >= 0.6 is 0 Å². The number of benzene rings is 1. The van der Waals surface area contributed by atoms with Gasteiger partial charge in [-0.1, -0.05) is 31.0 Å². The van der Waals surface area contributed by atoms with E-state index in [4.69, 9.17) is 5.11 Å². The minimum absolute atomic E-state index is 0.209. The minimum atomic E-state index is -0.716. The van der Waals surface area contributed by atoms with Crippen molar-refractivity contribution in [2.24, 2.45) is 5.92 Å². The van der Waals surface area contributed by atoms with E-state index in [9.17, 15) is 4.79 Å². The quantitative estimate of drug-likeness (QED) is 0.857. The Kier molecular flexibility index (Phi) is 5.05. The predicted molar refractivity (Wildman–Crippen MR) is 82.2 cm³/mol. The lowest BCUT2D eigenvalue weighted by Gasteiger charge is -2.31. The van der Waals surface area contributed by atoms with Crippen molar-refractivity contribution >= 4 is 11.7 Å². The Balaban J connectivity index is 2.12. The maximum atomic E-state index is 10.9. The van der Waals surface area contributed by atoms with E-state index in [1.54, 1.807) is 0 Å². The zero-order chi connectivity index (χ0) is 14.5. The molecule has 3 nitrogen and oxygen atoms in total. The average Bonchev–Trinajstić information content (AvgIpc) is 2.89. The lowest BCUT2D eigenvalue weighted by Crippen LogP contribution is -2.35. The summed E-state index contributed by atoms with van der Waals surface area (Å²) in [6.07, 6.45) is 5.10. The summed E-state index contributed by atoms with van der Waals surface area (Å²) in [5, 5.41) is 8.97. The van der Waals surface area contributed by atoms with Crippen LogP contribution in [0.5, 0.6) is 0 Å². The second-order valence-electron chi connectivity index (χ2n) is 5.91. The summed E-state index contributed by atoms with van der Waals surface area (Å²) >= 11 is 0. The third-order valence-corrected chi connectivity index (χ3v) is 4.46. The average molecular weight is 275 g/mol. The van der Waals surface area contributed by atoms with Gasteiger partial charge < -0.3 is 10.0 Å². The summed E-state index contributed by atoms with van der Waals surface area (Å²) < 4.78 is 0. The second-order valence-corrected chi connectivity index (χ2v) is 5.91. The highest BCUT2D eigenvalue weighted by Gasteiger charge is 2.28. The molecule has 1 fully saturated rings. The topological polar surface area (TPSA) is 40.5 Å². The van der Waals surface area contributed by atoms with E-state index >= 15 is 0 Å². The van der Waals surface area contributed by atoms with Crippen LogP contribution in [0, 0.1) is 12.8 Å². The lowest BCUT2D eigenvalue weighted by molar-refractivity contribution is -0.136. The number of carbonyl (C=O) groups is 1. The van der Waals surface area contributed by atoms with Crippen molar-refractivity contribution in [3.63, 3.8) is 0 Å². The maximum Gasteiger partial charge on any atom is 0.305 e. The van der Waals surface area contributed by atoms with Gasteiger partial charge >= 0.3 is 5.97 Å². The van der Waals surface area contributed by atoms with Gasteiger partial charge in [-0.25, -0.2) is 0 Å². The first-order valence-electron chi connectivity index (χ1n) is 7.65. The van der Waals surface area contributed by atoms with E-state index in [0.717, 1.165) is 5.92 Å². The van der Waals surface area contributed by atoms with Gasteiger partial charge in [-0.15, -0.1) is 0 Å². The molecule has 110 valence electrons. The number of hydrogen-bond acceptors (Lipinski definition) is 2. The molecule has 0 amide bonds. The molecule has 0 aromatic heterocycles. The van der Waals surface area contributed by atoms with Crippen LogP contribution in [0.2, 0.25) is 0 Å². The van der Waals surface area contributed by atoms with Gasteiger partial charge in [-0.2, -0.15) is 0 Å². The molecule has 0 aliphatic heterocycles. The highest BCUT2D eigenvalue weighted by atomic mass is 16.4. The Morgan fingerprint density at radius 1 is 1.30 bits per heavy atom. The van der Waals surface area contributed by atoms with Gasteiger partial charge in [0.25, 0.3) is 0 Å². The molecule has 2 rings (SSSR count). The standard InChI is InChI=1S/C17H25NO2/c1-3-14-6-9-16(12-14)18(11-10-17(19)20)15-7-4-13(2)5-8-15/h4-5,7-8,14,16H,3,6,9-12H2,1-2H3,(H,19,20). The van der Waals surface area contributed by atoms with Crippen LogP contribution < -0.4 is 4.90 Å². The van der Waals surface area contributed by atoms with E-state index in [1.807, 2.05) is 0 Å². The predicted octanol–water partition coefficient (Wildman–Crippen LogP) is 3.85. The van der Waals surface area contributed by atoms with Gasteiger partial charge in [0, 0.05) is 18.3 Å². The maximum absolute atomic E-state index is 10.9. The van der Waals surface area contributed by atoms with Crippen LogP contribution in [-0.4, -0.2) is 23.7 Å². The third kappa shape index (κ3) is 3.75. The lowest BCUT2D eigenvalue weighted by atomic mass is 10.0. The molecule has 0 heterocycles. The molecular formula is C17H25NO2. The van der Waals surface area contributed by atoms with E-state index < -0.39 is 5.97 Å². The number of rotatable bonds is 6. The smallest absolute Gasteiger partial charge is 0.305 e. The summed E-state index contributed by atoms with van der Waals surface area (Å²) in [5.74, 6) is 0.0879. The van der Waals surface area contributed by atoms with Gasteiger partial charge in [-0.05, 0) is 44.2 Å². The Morgan fingerprint density at radius 2 is 2.00 bits per heavy atom. The number of carboxylic acids is 1. The zero-order valence-electron chi connectivity index (χ0n) is 12.5. The van der Waals surface area contributed by atoms with Crippen molar-refractivity contribution in [3.05, 3.63) is 29.8 Å². The molecule has 1 aromatic carbocycles. The van der Waals surface area contributed by atoms with Crippen molar-refractivity contribution < 1.29 is 9.90 Å². The van der Waals surface area contributed by atoms with Crippen molar-refractivity contribution in [2.45, 2.75) is 52.0 Å². The first kappa shape index (κ1) is 14.9. The molecule has 0 spiro atoms. The summed E-state index contributed by atoms with van der Waals surface area (Å²) in [6.45, 7) is 4.94. The van der Waals surface area contributed by atoms with Crippen LogP contribution in [0.3, 0.4) is 0 Å². The van der Waals surface area contributed by atoms with Gasteiger partial charge in [0.2, 0.25) is 0 Å². The van der Waals surface area contributed by atoms with E-state index in [-0.39, 0.29) is 6.42 Å². The number of nitrogens with zero attached hydrogens (tertiary/aromatic N) is 1. The largest absolute Gasteiger partial charge is 0.481 e. The number of aliphatic carboxylic acids is 1. The fourth-order valence-corrected chi connectivity index (χ4v) is 3.18. The molecule has 0 radical (unpaired) electrons. The van der Waals surface area contributed by atoms with Gasteiger partial charge in [0.15, 0.2) is 0 Å². The SMILES string of the molecule is CCC1CCC(N(CCC(=O)O)c2ccc(C)cc2)C1. The van der Waals surface area contributed by atoms with Gasteiger partial charge in [0.05, 0.1) is 6.42 Å². The molecule has 1 N–H and O–H groups in total. The van der Waals surface area contributed by atoms with E-state index in [1.165, 1.54) is 36.9 Å². The van der Waals surface area contributed by atoms with Gasteiger partial charge in [-0.3, -0.25) is 4.79 Å². The fraction of sp³-hybridized carbons (Fsp3) is 0.588. The molecule has 0 saturated heterocycles. The van der Waals surface area contributed by atoms with Crippen molar-refractivity contribution in [2.75, 3.05) is 11.4 Å². The zero-order valence-corrected chi connectivity index (χ0v) is 12.5. The molecule has 20 heavy (non-hydrogen) atoms. The Hall–Kier alpha value is -1.51. The summed E-state index contributed by atoms with van der Waals surface area (Å²) in [4.78, 5) is 13.2. The Labute approximate surface area is 121 Å². The molecule has 0 bridgehead atoms. The molecular weight excluding hydrogens is 250 g/mol. The van der Waals surface area contributed by atoms with Crippen LogP contribution in [0.1, 0.15) is 44.6 Å². The first-order valence-corrected chi connectivity index (χ1v) is 7.65. The Morgan fingerprint density at radius 3 is 2.55 bits per heavy atom. The van der Waals surface area contributed by atoms with Crippen molar-refractivity contribution in [3.8, 4) is 0 Å². The van der Waals surface area contributed by atoms with Crippen LogP contribution in [0.15, 0.2) is 24.3 Å². The van der Waals surface area contributed by atoms with E-state index in [2.05, 4.69) is 43.0 Å². The highest BCUT2D eigenvalue weighted by Crippen LogP contribution is 2.34. The minimum Gasteiger partial charge on any atom is -0.481 e. The van der Waals surface area contributed by atoms with Crippen LogP contribution in [0.4, 0.5) is 5.69 Å². The molecule has 1 aromatic rings. The molecule has 1 aliphatic carbocycles. The van der Waals surface area contributed by atoms with Crippen LogP contribution in [0.25, 0.3) is 0 Å². The fourth-order valence-electron chi connectivity index (χ4n) is 3.18. The summed E-state index contributed by atoms with van der Waals surface area (Å²) in [7, 11) is 0. The molecule has 2 unspecified atom stereocenters. The number of anilines is 1. The summed E-state index contributed by atoms with van der Waals surface area (Å²) in [5.41, 5.74) is 2.41. The monoisotopic (exact) mass is 275 g/mol. The third-order valence-electron chi connectivity index (χ3n) is 4.46.